The van der Waals surface area contributed by atoms with E-state index in [1.165, 1.54) is 30.1 Å². The van der Waals surface area contributed by atoms with Gasteiger partial charge in [-0.25, -0.2) is 8.78 Å². The third-order valence-electron chi connectivity index (χ3n) is 6.94. The molecule has 2 amide bonds. The normalized spacial score (nSPS) is 12.2. The number of aromatic nitrogens is 2. The molecule has 0 saturated heterocycles. The summed E-state index contributed by atoms with van der Waals surface area (Å²) >= 11 is 0. The van der Waals surface area contributed by atoms with Gasteiger partial charge in [0.05, 0.1) is 17.3 Å². The molecule has 0 fully saturated rings. The summed E-state index contributed by atoms with van der Waals surface area (Å²) < 4.78 is 69.6. The predicted octanol–water partition coefficient (Wildman–Crippen LogP) is 6.46. The van der Waals surface area contributed by atoms with Crippen LogP contribution in [0.25, 0.3) is 22.0 Å². The van der Waals surface area contributed by atoms with Crippen LogP contribution in [0.5, 0.6) is 0 Å². The van der Waals surface area contributed by atoms with E-state index in [0.29, 0.717) is 27.8 Å². The fraction of sp³-hybridized carbons (Fsp3) is 0.156. The average Bonchev–Trinajstić information content (AvgIpc) is 3.37. The van der Waals surface area contributed by atoms with Crippen LogP contribution >= 0.6 is 0 Å². The van der Waals surface area contributed by atoms with E-state index >= 15 is 0 Å². The summed E-state index contributed by atoms with van der Waals surface area (Å²) in [6.07, 6.45) is -1.59. The number of pyridine rings is 1. The van der Waals surface area contributed by atoms with Gasteiger partial charge in [-0.3, -0.25) is 14.6 Å². The van der Waals surface area contributed by atoms with Crippen molar-refractivity contribution in [2.45, 2.75) is 25.2 Å². The van der Waals surface area contributed by atoms with Crippen molar-refractivity contribution in [2.75, 3.05) is 7.05 Å². The zero-order valence-corrected chi connectivity index (χ0v) is 22.8. The Kier molecular flexibility index (Phi) is 8.24. The number of benzene rings is 3. The molecule has 0 aliphatic carbocycles. The van der Waals surface area contributed by atoms with Gasteiger partial charge in [0.1, 0.15) is 18.2 Å². The Morgan fingerprint density at radius 1 is 0.930 bits per heavy atom. The number of nitrogens with zero attached hydrogens (tertiary/aromatic N) is 2. The molecule has 0 unspecified atom stereocenters. The minimum Gasteiger partial charge on any atom is -0.355 e. The fourth-order valence-corrected chi connectivity index (χ4v) is 4.98. The number of carbonyl (C=O) groups excluding carboxylic acids is 2. The first-order chi connectivity index (χ1) is 20.5. The van der Waals surface area contributed by atoms with Crippen molar-refractivity contribution in [3.63, 3.8) is 0 Å². The molecule has 11 heteroatoms. The summed E-state index contributed by atoms with van der Waals surface area (Å²) in [5.74, 6) is -2.45. The number of carbonyl (C=O) groups is 2. The summed E-state index contributed by atoms with van der Waals surface area (Å²) in [5, 5.41) is 5.95. The molecule has 1 atom stereocenters. The van der Waals surface area contributed by atoms with Crippen LogP contribution in [-0.4, -0.2) is 28.4 Å². The van der Waals surface area contributed by atoms with Gasteiger partial charge in [-0.05, 0) is 71.5 Å². The van der Waals surface area contributed by atoms with Crippen molar-refractivity contribution in [1.29, 1.82) is 0 Å². The number of rotatable bonds is 8. The quantitative estimate of drug-likeness (QED) is 0.203. The molecule has 5 rings (SSSR count). The van der Waals surface area contributed by atoms with Crippen molar-refractivity contribution >= 4 is 22.7 Å². The summed E-state index contributed by atoms with van der Waals surface area (Å²) in [6.45, 7) is -0.326. The van der Waals surface area contributed by atoms with Crippen molar-refractivity contribution in [3.05, 3.63) is 125 Å². The van der Waals surface area contributed by atoms with Crippen molar-refractivity contribution < 1.29 is 31.5 Å². The zero-order chi connectivity index (χ0) is 30.7. The molecule has 0 saturated carbocycles. The second-order valence-electron chi connectivity index (χ2n) is 9.91. The number of hydrogen-bond donors (Lipinski definition) is 2. The van der Waals surface area contributed by atoms with Gasteiger partial charge in [0, 0.05) is 42.2 Å². The van der Waals surface area contributed by atoms with E-state index in [1.807, 2.05) is 0 Å². The number of alkyl halides is 3. The predicted molar refractivity (Wildman–Crippen MR) is 151 cm³/mol. The van der Waals surface area contributed by atoms with Crippen LogP contribution in [-0.2, 0) is 23.9 Å². The van der Waals surface area contributed by atoms with Crippen LogP contribution in [0.4, 0.5) is 22.0 Å². The number of amides is 2. The SMILES string of the molecule is CNC(=O)c1cccc(-c2cccnc2[C@H](Cc2cc(F)cc(F)c2)NC(=O)Cn2ccc3ccc(C(F)(F)F)cc32)c1. The maximum atomic E-state index is 14.1. The molecule has 0 spiro atoms. The summed E-state index contributed by atoms with van der Waals surface area (Å²) in [4.78, 5) is 30.2. The molecular formula is C32H25F5N4O2. The van der Waals surface area contributed by atoms with Crippen LogP contribution in [0.3, 0.4) is 0 Å². The van der Waals surface area contributed by atoms with Crippen LogP contribution in [0.2, 0.25) is 0 Å². The summed E-state index contributed by atoms with van der Waals surface area (Å²) in [7, 11) is 1.51. The largest absolute Gasteiger partial charge is 0.416 e. The number of nitrogens with one attached hydrogen (secondary N) is 2. The Bertz CT molecular complexity index is 1800. The second-order valence-corrected chi connectivity index (χ2v) is 9.91. The van der Waals surface area contributed by atoms with E-state index in [9.17, 15) is 31.5 Å². The highest BCUT2D eigenvalue weighted by atomic mass is 19.4. The van der Waals surface area contributed by atoms with E-state index in [-0.39, 0.29) is 30.0 Å². The third-order valence-corrected chi connectivity index (χ3v) is 6.94. The van der Waals surface area contributed by atoms with E-state index in [1.54, 1.807) is 42.5 Å². The fourth-order valence-electron chi connectivity index (χ4n) is 4.98. The molecule has 6 nitrogen and oxygen atoms in total. The highest BCUT2D eigenvalue weighted by Gasteiger charge is 2.31. The first-order valence-electron chi connectivity index (χ1n) is 13.2. The molecule has 220 valence electrons. The van der Waals surface area contributed by atoms with Crippen LogP contribution < -0.4 is 10.6 Å². The minimum atomic E-state index is -4.55. The Labute approximate surface area is 243 Å². The van der Waals surface area contributed by atoms with E-state index in [0.717, 1.165) is 30.3 Å². The molecule has 2 N–H and O–H groups in total. The molecule has 0 radical (unpaired) electrons. The van der Waals surface area contributed by atoms with Crippen LogP contribution in [0, 0.1) is 11.6 Å². The Hall–Kier alpha value is -5.06. The van der Waals surface area contributed by atoms with E-state index in [4.69, 9.17) is 0 Å². The Morgan fingerprint density at radius 2 is 1.70 bits per heavy atom. The summed E-state index contributed by atoms with van der Waals surface area (Å²) in [6, 6.07) is 17.2. The standard InChI is InChI=1S/C32H25F5N4O2/c1-38-31(43)22-5-2-4-21(15-22)26-6-3-10-39-30(26)27(14-19-12-24(33)17-25(34)13-19)40-29(42)18-41-11-9-20-7-8-23(16-28(20)41)32(35,36)37/h2-13,15-17,27H,14,18H2,1H3,(H,38,43)(H,40,42)/t27-/m0/s1. The molecule has 0 aliphatic rings. The Morgan fingerprint density at radius 3 is 2.42 bits per heavy atom. The monoisotopic (exact) mass is 592 g/mol. The van der Waals surface area contributed by atoms with Crippen LogP contribution in [0.1, 0.15) is 33.2 Å². The Balaban J connectivity index is 1.51. The van der Waals surface area contributed by atoms with Gasteiger partial charge in [-0.15, -0.1) is 0 Å². The van der Waals surface area contributed by atoms with E-state index in [2.05, 4.69) is 15.6 Å². The van der Waals surface area contributed by atoms with Gasteiger partial charge in [-0.1, -0.05) is 24.3 Å². The van der Waals surface area contributed by atoms with Crippen molar-refractivity contribution in [2.24, 2.45) is 0 Å². The van der Waals surface area contributed by atoms with Gasteiger partial charge in [-0.2, -0.15) is 13.2 Å². The van der Waals surface area contributed by atoms with Crippen molar-refractivity contribution in [3.8, 4) is 11.1 Å². The van der Waals surface area contributed by atoms with Crippen molar-refractivity contribution in [1.82, 2.24) is 20.2 Å². The molecule has 0 aliphatic heterocycles. The van der Waals surface area contributed by atoms with Crippen LogP contribution in [0.15, 0.2) is 91.3 Å². The molecule has 43 heavy (non-hydrogen) atoms. The first kappa shape index (κ1) is 29.4. The number of fused-ring (bicyclic) bond motifs is 1. The first-order valence-corrected chi connectivity index (χ1v) is 13.2. The lowest BCUT2D eigenvalue weighted by Crippen LogP contribution is -2.33. The average molecular weight is 593 g/mol. The van der Waals surface area contributed by atoms with Gasteiger partial charge in [0.15, 0.2) is 0 Å². The second kappa shape index (κ2) is 12.0. The van der Waals surface area contributed by atoms with Gasteiger partial charge < -0.3 is 15.2 Å². The molecule has 0 bridgehead atoms. The summed E-state index contributed by atoms with van der Waals surface area (Å²) in [5.41, 5.74) is 1.56. The highest BCUT2D eigenvalue weighted by Crippen LogP contribution is 2.32. The third kappa shape index (κ3) is 6.72. The molecule has 2 heterocycles. The number of halogens is 5. The minimum absolute atomic E-state index is 0.0514. The topological polar surface area (TPSA) is 76.0 Å². The highest BCUT2D eigenvalue weighted by molar-refractivity contribution is 5.95. The van der Waals surface area contributed by atoms with Gasteiger partial charge in [0.2, 0.25) is 5.91 Å². The lowest BCUT2D eigenvalue weighted by atomic mass is 9.94. The molecule has 5 aromatic rings. The zero-order valence-electron chi connectivity index (χ0n) is 22.8. The van der Waals surface area contributed by atoms with E-state index < -0.39 is 35.3 Å². The maximum Gasteiger partial charge on any atom is 0.416 e. The maximum absolute atomic E-state index is 14.1. The molecular weight excluding hydrogens is 567 g/mol. The number of hydrogen-bond acceptors (Lipinski definition) is 3. The smallest absolute Gasteiger partial charge is 0.355 e. The van der Waals surface area contributed by atoms with Gasteiger partial charge in [0.25, 0.3) is 5.91 Å². The lowest BCUT2D eigenvalue weighted by molar-refractivity contribution is -0.137. The molecule has 3 aromatic carbocycles. The lowest BCUT2D eigenvalue weighted by Gasteiger charge is -2.22. The molecule has 2 aromatic heterocycles. The van der Waals surface area contributed by atoms with Gasteiger partial charge >= 0.3 is 6.18 Å².